The number of aryl methyl sites for hydroxylation is 1. The number of hydrogen-bond acceptors (Lipinski definition) is 3. The maximum absolute atomic E-state index is 4.91. The predicted molar refractivity (Wildman–Crippen MR) is 95.9 cm³/mol. The molecular formula is C17H26N4S. The standard InChI is InChI=1S/C17H26N4S/c1-11-7-5-6-8-15(11)18-17-20-19-16(10-22-17)14-9-12(2)21(4)13(14)3/h9,11,15H,5-8,10H2,1-4H3,(H,18,20)/t11-,15-/m0/s1. The molecule has 1 N–H and O–H groups in total. The van der Waals surface area contributed by atoms with Crippen LogP contribution in [0.3, 0.4) is 0 Å². The lowest BCUT2D eigenvalue weighted by Crippen LogP contribution is -2.29. The molecule has 4 nitrogen and oxygen atoms in total. The zero-order valence-electron chi connectivity index (χ0n) is 14.0. The summed E-state index contributed by atoms with van der Waals surface area (Å²) in [6, 6.07) is 2.70. The van der Waals surface area contributed by atoms with Crippen LogP contribution in [0.25, 0.3) is 0 Å². The summed E-state index contributed by atoms with van der Waals surface area (Å²) < 4.78 is 2.22. The largest absolute Gasteiger partial charge is 0.351 e. The Morgan fingerprint density at radius 3 is 2.68 bits per heavy atom. The molecule has 22 heavy (non-hydrogen) atoms. The van der Waals surface area contributed by atoms with Crippen molar-refractivity contribution in [2.24, 2.45) is 23.1 Å². The van der Waals surface area contributed by atoms with Crippen molar-refractivity contribution in [2.45, 2.75) is 52.5 Å². The van der Waals surface area contributed by atoms with Crippen LogP contribution in [0.15, 0.2) is 16.2 Å². The zero-order valence-corrected chi connectivity index (χ0v) is 14.8. The first kappa shape index (κ1) is 15.7. The van der Waals surface area contributed by atoms with Gasteiger partial charge in [-0.3, -0.25) is 10.4 Å². The van der Waals surface area contributed by atoms with Gasteiger partial charge in [-0.05, 0) is 38.7 Å². The highest BCUT2D eigenvalue weighted by atomic mass is 32.2. The van der Waals surface area contributed by atoms with Gasteiger partial charge in [0.15, 0.2) is 5.17 Å². The van der Waals surface area contributed by atoms with Crippen LogP contribution in [0.5, 0.6) is 0 Å². The molecule has 0 amide bonds. The van der Waals surface area contributed by atoms with Crippen LogP contribution in [0.4, 0.5) is 0 Å². The molecule has 3 rings (SSSR count). The van der Waals surface area contributed by atoms with E-state index < -0.39 is 0 Å². The number of aliphatic imine (C=N–C) groups is 1. The van der Waals surface area contributed by atoms with Gasteiger partial charge in [0.2, 0.25) is 0 Å². The molecule has 1 aromatic rings. The normalized spacial score (nSPS) is 27.6. The summed E-state index contributed by atoms with van der Waals surface area (Å²) in [6.07, 6.45) is 5.20. The number of rotatable bonds is 2. The Labute approximate surface area is 137 Å². The van der Waals surface area contributed by atoms with Crippen LogP contribution in [0.1, 0.15) is 49.6 Å². The van der Waals surface area contributed by atoms with E-state index in [1.165, 1.54) is 42.6 Å². The number of aromatic nitrogens is 1. The third-order valence-corrected chi connectivity index (χ3v) is 5.96. The summed E-state index contributed by atoms with van der Waals surface area (Å²) in [7, 11) is 2.11. The van der Waals surface area contributed by atoms with Gasteiger partial charge in [0.05, 0.1) is 11.8 Å². The number of nitrogens with zero attached hydrogens (tertiary/aromatic N) is 3. The Kier molecular flexibility index (Phi) is 4.62. The molecule has 2 atom stereocenters. The van der Waals surface area contributed by atoms with Gasteiger partial charge in [-0.1, -0.05) is 31.5 Å². The molecule has 120 valence electrons. The van der Waals surface area contributed by atoms with Crippen molar-refractivity contribution in [3.05, 3.63) is 23.0 Å². The third kappa shape index (κ3) is 3.09. The van der Waals surface area contributed by atoms with Crippen molar-refractivity contribution < 1.29 is 0 Å². The summed E-state index contributed by atoms with van der Waals surface area (Å²) >= 11 is 1.78. The number of hydrogen-bond donors (Lipinski definition) is 1. The van der Waals surface area contributed by atoms with E-state index in [2.05, 4.69) is 49.0 Å². The SMILES string of the molecule is Cc1cc(C2=NNC(=N[C@H]3CCCC[C@@H]3C)SC2)c(C)n1C. The van der Waals surface area contributed by atoms with Gasteiger partial charge in [-0.25, -0.2) is 0 Å². The highest BCUT2D eigenvalue weighted by Crippen LogP contribution is 2.27. The minimum Gasteiger partial charge on any atom is -0.351 e. The van der Waals surface area contributed by atoms with E-state index in [1.807, 2.05) is 0 Å². The van der Waals surface area contributed by atoms with Gasteiger partial charge in [-0.2, -0.15) is 5.10 Å². The highest BCUT2D eigenvalue weighted by molar-refractivity contribution is 8.14. The van der Waals surface area contributed by atoms with Gasteiger partial charge < -0.3 is 4.57 Å². The lowest BCUT2D eigenvalue weighted by atomic mass is 9.86. The zero-order chi connectivity index (χ0) is 15.7. The van der Waals surface area contributed by atoms with Crippen LogP contribution in [0.2, 0.25) is 0 Å². The average molecular weight is 318 g/mol. The second-order valence-electron chi connectivity index (χ2n) is 6.57. The van der Waals surface area contributed by atoms with Crippen molar-refractivity contribution in [3.8, 4) is 0 Å². The third-order valence-electron chi connectivity index (χ3n) is 5.07. The number of thioether (sulfide) groups is 1. The van der Waals surface area contributed by atoms with Crippen molar-refractivity contribution in [2.75, 3.05) is 5.75 Å². The van der Waals surface area contributed by atoms with E-state index in [4.69, 9.17) is 4.99 Å². The molecular weight excluding hydrogens is 292 g/mol. The molecule has 0 bridgehead atoms. The molecule has 0 saturated heterocycles. The molecule has 2 aliphatic rings. The number of nitrogens with one attached hydrogen (secondary N) is 1. The molecule has 0 radical (unpaired) electrons. The summed E-state index contributed by atoms with van der Waals surface area (Å²) in [4.78, 5) is 4.91. The minimum absolute atomic E-state index is 0.473. The molecule has 1 saturated carbocycles. The van der Waals surface area contributed by atoms with Crippen LogP contribution in [0, 0.1) is 19.8 Å². The van der Waals surface area contributed by atoms with Gasteiger partial charge in [-0.15, -0.1) is 0 Å². The second-order valence-corrected chi connectivity index (χ2v) is 7.53. The van der Waals surface area contributed by atoms with E-state index in [1.54, 1.807) is 11.8 Å². The predicted octanol–water partition coefficient (Wildman–Crippen LogP) is 3.62. The second kappa shape index (κ2) is 6.49. The number of amidine groups is 1. The molecule has 5 heteroatoms. The molecule has 0 aromatic carbocycles. The van der Waals surface area contributed by atoms with E-state index in [0.717, 1.165) is 16.6 Å². The number of hydrazone groups is 1. The monoisotopic (exact) mass is 318 g/mol. The van der Waals surface area contributed by atoms with Crippen molar-refractivity contribution >= 4 is 22.6 Å². The minimum atomic E-state index is 0.473. The Morgan fingerprint density at radius 1 is 1.32 bits per heavy atom. The van der Waals surface area contributed by atoms with Gasteiger partial charge in [0, 0.05) is 29.8 Å². The van der Waals surface area contributed by atoms with Crippen LogP contribution in [-0.4, -0.2) is 27.2 Å². The fourth-order valence-corrected chi connectivity index (χ4v) is 4.12. The van der Waals surface area contributed by atoms with Crippen molar-refractivity contribution in [3.63, 3.8) is 0 Å². The highest BCUT2D eigenvalue weighted by Gasteiger charge is 2.23. The Hall–Kier alpha value is -1.23. The van der Waals surface area contributed by atoms with Gasteiger partial charge in [0.25, 0.3) is 0 Å². The van der Waals surface area contributed by atoms with Gasteiger partial charge in [0.1, 0.15) is 0 Å². The van der Waals surface area contributed by atoms with Crippen LogP contribution in [-0.2, 0) is 7.05 Å². The average Bonchev–Trinajstić information content (AvgIpc) is 2.78. The molecule has 0 unspecified atom stereocenters. The Balaban J connectivity index is 1.72. The first-order chi connectivity index (χ1) is 10.6. The first-order valence-electron chi connectivity index (χ1n) is 8.22. The molecule has 2 heterocycles. The summed E-state index contributed by atoms with van der Waals surface area (Å²) in [6.45, 7) is 6.62. The molecule has 1 aliphatic heterocycles. The first-order valence-corrected chi connectivity index (χ1v) is 9.21. The summed E-state index contributed by atoms with van der Waals surface area (Å²) in [5.74, 6) is 1.60. The van der Waals surface area contributed by atoms with E-state index in [9.17, 15) is 0 Å². The lowest BCUT2D eigenvalue weighted by Gasteiger charge is -2.26. The molecule has 1 aromatic heterocycles. The maximum Gasteiger partial charge on any atom is 0.177 e. The smallest absolute Gasteiger partial charge is 0.177 e. The van der Waals surface area contributed by atoms with Gasteiger partial charge >= 0.3 is 0 Å². The lowest BCUT2D eigenvalue weighted by molar-refractivity contribution is 0.333. The van der Waals surface area contributed by atoms with E-state index in [-0.39, 0.29) is 0 Å². The van der Waals surface area contributed by atoms with E-state index in [0.29, 0.717) is 12.0 Å². The fourth-order valence-electron chi connectivity index (χ4n) is 3.31. The quantitative estimate of drug-likeness (QED) is 0.905. The molecule has 0 spiro atoms. The Morgan fingerprint density at radius 2 is 2.09 bits per heavy atom. The Bertz CT molecular complexity index is 614. The van der Waals surface area contributed by atoms with Crippen molar-refractivity contribution in [1.82, 2.24) is 9.99 Å². The van der Waals surface area contributed by atoms with Crippen LogP contribution < -0.4 is 5.43 Å². The van der Waals surface area contributed by atoms with Crippen molar-refractivity contribution in [1.29, 1.82) is 0 Å². The fraction of sp³-hybridized carbons (Fsp3) is 0.647. The summed E-state index contributed by atoms with van der Waals surface area (Å²) in [5.41, 5.74) is 8.12. The molecule has 1 aliphatic carbocycles. The summed E-state index contributed by atoms with van der Waals surface area (Å²) in [5, 5.41) is 5.58. The molecule has 1 fully saturated rings. The topological polar surface area (TPSA) is 41.7 Å². The maximum atomic E-state index is 4.91. The van der Waals surface area contributed by atoms with Crippen LogP contribution >= 0.6 is 11.8 Å². The van der Waals surface area contributed by atoms with E-state index >= 15 is 0 Å².